The molecular formula is C14H16BrNO2. The summed E-state index contributed by atoms with van der Waals surface area (Å²) in [6.45, 7) is 1.67. The first-order valence-corrected chi connectivity index (χ1v) is 6.66. The van der Waals surface area contributed by atoms with E-state index < -0.39 is 0 Å². The normalized spacial score (nSPS) is 16.8. The third kappa shape index (κ3) is 2.82. The molecule has 0 spiro atoms. The largest absolute Gasteiger partial charge is 0.466 e. The van der Waals surface area contributed by atoms with Gasteiger partial charge in [-0.1, -0.05) is 28.1 Å². The number of hydrogen-bond donors (Lipinski definition) is 0. The van der Waals surface area contributed by atoms with Crippen molar-refractivity contribution in [2.45, 2.75) is 6.42 Å². The van der Waals surface area contributed by atoms with Gasteiger partial charge in [0, 0.05) is 23.1 Å². The Morgan fingerprint density at radius 2 is 2.22 bits per heavy atom. The molecule has 1 aliphatic heterocycles. The third-order valence-corrected chi connectivity index (χ3v) is 3.63. The number of benzene rings is 1. The zero-order valence-corrected chi connectivity index (χ0v) is 12.2. The Balaban J connectivity index is 2.46. The van der Waals surface area contributed by atoms with Crippen molar-refractivity contribution in [2.24, 2.45) is 0 Å². The lowest BCUT2D eigenvalue weighted by atomic mass is 9.94. The van der Waals surface area contributed by atoms with Crippen LogP contribution in [-0.4, -0.2) is 38.1 Å². The van der Waals surface area contributed by atoms with Crippen LogP contribution in [0.3, 0.4) is 0 Å². The molecule has 2 rings (SSSR count). The van der Waals surface area contributed by atoms with Gasteiger partial charge in [0.15, 0.2) is 0 Å². The summed E-state index contributed by atoms with van der Waals surface area (Å²) in [6, 6.07) is 8.03. The fourth-order valence-corrected chi connectivity index (χ4v) is 2.59. The van der Waals surface area contributed by atoms with E-state index in [-0.39, 0.29) is 5.97 Å². The summed E-state index contributed by atoms with van der Waals surface area (Å²) in [6.07, 6.45) is 0.741. The van der Waals surface area contributed by atoms with Crippen molar-refractivity contribution in [2.75, 3.05) is 27.2 Å². The number of ether oxygens (including phenoxy) is 1. The molecule has 0 unspecified atom stereocenters. The van der Waals surface area contributed by atoms with Gasteiger partial charge in [-0.25, -0.2) is 4.79 Å². The minimum Gasteiger partial charge on any atom is -0.466 e. The van der Waals surface area contributed by atoms with Gasteiger partial charge >= 0.3 is 5.97 Å². The summed E-state index contributed by atoms with van der Waals surface area (Å²) >= 11 is 3.47. The Hall–Kier alpha value is -1.13. The number of carbonyl (C=O) groups is 1. The molecule has 0 amide bonds. The molecule has 0 aliphatic carbocycles. The van der Waals surface area contributed by atoms with E-state index in [1.54, 1.807) is 0 Å². The summed E-state index contributed by atoms with van der Waals surface area (Å²) in [7, 11) is 3.50. The quantitative estimate of drug-likeness (QED) is 0.787. The molecule has 0 saturated heterocycles. The molecule has 3 nitrogen and oxygen atoms in total. The number of hydrogen-bond acceptors (Lipinski definition) is 3. The highest BCUT2D eigenvalue weighted by Gasteiger charge is 2.23. The number of methoxy groups -OCH3 is 1. The molecule has 0 saturated carbocycles. The Kier molecular flexibility index (Phi) is 4.19. The zero-order valence-electron chi connectivity index (χ0n) is 10.6. The number of nitrogens with zero attached hydrogens (tertiary/aromatic N) is 1. The van der Waals surface area contributed by atoms with Gasteiger partial charge in [0.2, 0.25) is 0 Å². The maximum absolute atomic E-state index is 11.8. The van der Waals surface area contributed by atoms with Crippen LogP contribution >= 0.6 is 15.9 Å². The fourth-order valence-electron chi connectivity index (χ4n) is 2.19. The Morgan fingerprint density at radius 3 is 2.89 bits per heavy atom. The topological polar surface area (TPSA) is 29.5 Å². The molecule has 1 aliphatic rings. The summed E-state index contributed by atoms with van der Waals surface area (Å²) in [5, 5.41) is 0. The van der Waals surface area contributed by atoms with E-state index in [1.165, 1.54) is 7.11 Å². The number of rotatable bonds is 2. The SMILES string of the molecule is COC(=O)C1=C(c2cccc(Br)c2)CN(C)CC1. The molecule has 4 heteroatoms. The van der Waals surface area contributed by atoms with Crippen molar-refractivity contribution in [3.63, 3.8) is 0 Å². The lowest BCUT2D eigenvalue weighted by Gasteiger charge is -2.27. The summed E-state index contributed by atoms with van der Waals surface area (Å²) < 4.78 is 5.90. The monoisotopic (exact) mass is 309 g/mol. The maximum atomic E-state index is 11.8. The van der Waals surface area contributed by atoms with Crippen LogP contribution in [0.25, 0.3) is 5.57 Å². The second kappa shape index (κ2) is 5.67. The first-order chi connectivity index (χ1) is 8.61. The molecule has 1 heterocycles. The average Bonchev–Trinajstić information content (AvgIpc) is 2.38. The molecular weight excluding hydrogens is 294 g/mol. The maximum Gasteiger partial charge on any atom is 0.334 e. The van der Waals surface area contributed by atoms with Gasteiger partial charge in [0.05, 0.1) is 7.11 Å². The highest BCUT2D eigenvalue weighted by atomic mass is 79.9. The summed E-state index contributed by atoms with van der Waals surface area (Å²) in [5.41, 5.74) is 2.95. The highest BCUT2D eigenvalue weighted by molar-refractivity contribution is 9.10. The van der Waals surface area contributed by atoms with Crippen molar-refractivity contribution in [1.29, 1.82) is 0 Å². The van der Waals surface area contributed by atoms with Crippen LogP contribution in [-0.2, 0) is 9.53 Å². The number of likely N-dealkylation sites (N-methyl/N-ethyl adjacent to an activating group) is 1. The van der Waals surface area contributed by atoms with E-state index in [0.717, 1.165) is 40.7 Å². The Morgan fingerprint density at radius 1 is 1.44 bits per heavy atom. The van der Waals surface area contributed by atoms with Gasteiger partial charge in [-0.05, 0) is 36.7 Å². The highest BCUT2D eigenvalue weighted by Crippen LogP contribution is 2.28. The first kappa shape index (κ1) is 13.3. The van der Waals surface area contributed by atoms with E-state index in [0.29, 0.717) is 0 Å². The van der Waals surface area contributed by atoms with E-state index in [1.807, 2.05) is 24.3 Å². The van der Waals surface area contributed by atoms with Gasteiger partial charge in [-0.15, -0.1) is 0 Å². The Bertz CT molecular complexity index is 496. The molecule has 18 heavy (non-hydrogen) atoms. The van der Waals surface area contributed by atoms with E-state index in [9.17, 15) is 4.79 Å². The van der Waals surface area contributed by atoms with Gasteiger partial charge in [-0.3, -0.25) is 0 Å². The first-order valence-electron chi connectivity index (χ1n) is 5.86. The lowest BCUT2D eigenvalue weighted by molar-refractivity contribution is -0.136. The molecule has 0 fully saturated rings. The lowest BCUT2D eigenvalue weighted by Crippen LogP contribution is -2.29. The van der Waals surface area contributed by atoms with E-state index in [2.05, 4.69) is 27.9 Å². The van der Waals surface area contributed by atoms with Gasteiger partial charge < -0.3 is 9.64 Å². The van der Waals surface area contributed by atoms with Gasteiger partial charge in [-0.2, -0.15) is 0 Å². The van der Waals surface area contributed by atoms with Crippen LogP contribution in [0.5, 0.6) is 0 Å². The van der Waals surface area contributed by atoms with Gasteiger partial charge in [0.1, 0.15) is 0 Å². The molecule has 0 atom stereocenters. The minimum atomic E-state index is -0.210. The van der Waals surface area contributed by atoms with Crippen molar-refractivity contribution < 1.29 is 9.53 Å². The second-order valence-electron chi connectivity index (χ2n) is 4.45. The predicted octanol–water partition coefficient (Wildman–Crippen LogP) is 2.71. The fraction of sp³-hybridized carbons (Fsp3) is 0.357. The molecule has 96 valence electrons. The summed E-state index contributed by atoms with van der Waals surface area (Å²) in [5.74, 6) is -0.210. The molecule has 1 aromatic carbocycles. The smallest absolute Gasteiger partial charge is 0.334 e. The van der Waals surface area contributed by atoms with Crippen molar-refractivity contribution in [1.82, 2.24) is 4.90 Å². The Labute approximate surface area is 116 Å². The minimum absolute atomic E-state index is 0.210. The zero-order chi connectivity index (χ0) is 13.1. The summed E-state index contributed by atoms with van der Waals surface area (Å²) in [4.78, 5) is 14.0. The van der Waals surface area contributed by atoms with Gasteiger partial charge in [0.25, 0.3) is 0 Å². The number of esters is 1. The third-order valence-electron chi connectivity index (χ3n) is 3.14. The van der Waals surface area contributed by atoms with E-state index in [4.69, 9.17) is 4.74 Å². The molecule has 0 N–H and O–H groups in total. The molecule has 0 bridgehead atoms. The van der Waals surface area contributed by atoms with Crippen molar-refractivity contribution >= 4 is 27.5 Å². The molecule has 0 radical (unpaired) electrons. The van der Waals surface area contributed by atoms with Crippen LogP contribution in [0.2, 0.25) is 0 Å². The van der Waals surface area contributed by atoms with Crippen LogP contribution in [0.1, 0.15) is 12.0 Å². The van der Waals surface area contributed by atoms with Crippen molar-refractivity contribution in [3.8, 4) is 0 Å². The van der Waals surface area contributed by atoms with Crippen LogP contribution in [0.4, 0.5) is 0 Å². The predicted molar refractivity (Wildman–Crippen MR) is 75.2 cm³/mol. The van der Waals surface area contributed by atoms with E-state index >= 15 is 0 Å². The molecule has 0 aromatic heterocycles. The second-order valence-corrected chi connectivity index (χ2v) is 5.36. The van der Waals surface area contributed by atoms with Crippen LogP contribution < -0.4 is 0 Å². The standard InChI is InChI=1S/C14H16BrNO2/c1-16-7-6-12(14(17)18-2)13(9-16)10-4-3-5-11(15)8-10/h3-5,8H,6-7,9H2,1-2H3. The number of halogens is 1. The van der Waals surface area contributed by atoms with Crippen LogP contribution in [0, 0.1) is 0 Å². The van der Waals surface area contributed by atoms with Crippen molar-refractivity contribution in [3.05, 3.63) is 39.9 Å². The average molecular weight is 310 g/mol. The van der Waals surface area contributed by atoms with Crippen LogP contribution in [0.15, 0.2) is 34.3 Å². The molecule has 1 aromatic rings. The number of carbonyl (C=O) groups excluding carboxylic acids is 1.